The van der Waals surface area contributed by atoms with E-state index >= 15 is 0 Å². The Kier molecular flexibility index (Phi) is 3.66. The third-order valence-electron chi connectivity index (χ3n) is 3.99. The van der Waals surface area contributed by atoms with Gasteiger partial charge in [-0.25, -0.2) is 9.69 Å². The Labute approximate surface area is 135 Å². The molecule has 1 unspecified atom stereocenters. The number of benzene rings is 1. The summed E-state index contributed by atoms with van der Waals surface area (Å²) in [7, 11) is 0. The Morgan fingerprint density at radius 2 is 2.00 bits per heavy atom. The van der Waals surface area contributed by atoms with E-state index in [4.69, 9.17) is 4.74 Å². The SMILES string of the molecule is Cc1ccc2c(ccn2C2CC(=O)N(C(=O)OC(C)(C)C)C2)c1. The number of amides is 2. The molecule has 0 N–H and O–H groups in total. The van der Waals surface area contributed by atoms with Crippen molar-refractivity contribution in [3.05, 3.63) is 36.0 Å². The van der Waals surface area contributed by atoms with E-state index in [1.807, 2.05) is 12.3 Å². The number of carbonyl (C=O) groups excluding carboxylic acids is 2. The van der Waals surface area contributed by atoms with Crippen LogP contribution in [-0.2, 0) is 9.53 Å². The van der Waals surface area contributed by atoms with Crippen LogP contribution in [0.5, 0.6) is 0 Å². The van der Waals surface area contributed by atoms with Crippen molar-refractivity contribution in [2.45, 2.75) is 45.8 Å². The molecule has 1 atom stereocenters. The van der Waals surface area contributed by atoms with Crippen molar-refractivity contribution in [1.29, 1.82) is 0 Å². The summed E-state index contributed by atoms with van der Waals surface area (Å²) in [6, 6.07) is 8.24. The average Bonchev–Trinajstić information content (AvgIpc) is 2.99. The maximum Gasteiger partial charge on any atom is 0.417 e. The van der Waals surface area contributed by atoms with E-state index < -0.39 is 11.7 Å². The van der Waals surface area contributed by atoms with Crippen LogP contribution >= 0.6 is 0 Å². The molecule has 0 bridgehead atoms. The molecule has 0 radical (unpaired) electrons. The van der Waals surface area contributed by atoms with Crippen molar-refractivity contribution in [2.24, 2.45) is 0 Å². The first-order valence-corrected chi connectivity index (χ1v) is 7.85. The highest BCUT2D eigenvalue weighted by Crippen LogP contribution is 2.29. The fourth-order valence-corrected chi connectivity index (χ4v) is 2.97. The molecule has 3 rings (SSSR count). The Morgan fingerprint density at radius 3 is 2.70 bits per heavy atom. The Bertz CT molecular complexity index is 770. The van der Waals surface area contributed by atoms with Gasteiger partial charge in [-0.1, -0.05) is 11.6 Å². The van der Waals surface area contributed by atoms with Gasteiger partial charge >= 0.3 is 6.09 Å². The largest absolute Gasteiger partial charge is 0.443 e. The van der Waals surface area contributed by atoms with Gasteiger partial charge in [-0.15, -0.1) is 0 Å². The molecule has 1 fully saturated rings. The monoisotopic (exact) mass is 314 g/mol. The second-order valence-electron chi connectivity index (χ2n) is 7.13. The van der Waals surface area contributed by atoms with Gasteiger partial charge in [-0.2, -0.15) is 0 Å². The van der Waals surface area contributed by atoms with Crippen LogP contribution in [0.4, 0.5) is 4.79 Å². The first-order valence-electron chi connectivity index (χ1n) is 7.85. The van der Waals surface area contributed by atoms with E-state index in [2.05, 4.69) is 29.7 Å². The van der Waals surface area contributed by atoms with E-state index in [9.17, 15) is 9.59 Å². The van der Waals surface area contributed by atoms with Crippen LogP contribution in [0, 0.1) is 6.92 Å². The van der Waals surface area contributed by atoms with Gasteiger partial charge in [0, 0.05) is 18.1 Å². The lowest BCUT2D eigenvalue weighted by Gasteiger charge is -2.23. The topological polar surface area (TPSA) is 51.5 Å². The van der Waals surface area contributed by atoms with Crippen LogP contribution in [0.3, 0.4) is 0 Å². The fourth-order valence-electron chi connectivity index (χ4n) is 2.97. The summed E-state index contributed by atoms with van der Waals surface area (Å²) < 4.78 is 7.40. The second-order valence-corrected chi connectivity index (χ2v) is 7.13. The number of ether oxygens (including phenoxy) is 1. The normalized spacial score (nSPS) is 18.7. The van der Waals surface area contributed by atoms with E-state index in [-0.39, 0.29) is 11.9 Å². The van der Waals surface area contributed by atoms with Gasteiger partial charge in [0.15, 0.2) is 0 Å². The quantitative estimate of drug-likeness (QED) is 0.807. The van der Waals surface area contributed by atoms with Gasteiger partial charge in [0.05, 0.1) is 12.6 Å². The van der Waals surface area contributed by atoms with Crippen molar-refractivity contribution in [1.82, 2.24) is 9.47 Å². The van der Waals surface area contributed by atoms with E-state index in [0.29, 0.717) is 13.0 Å². The molecule has 5 heteroatoms. The molecule has 2 heterocycles. The Hall–Kier alpha value is -2.30. The molecule has 1 aliphatic rings. The van der Waals surface area contributed by atoms with E-state index in [1.165, 1.54) is 10.5 Å². The lowest BCUT2D eigenvalue weighted by atomic mass is 10.2. The maximum atomic E-state index is 12.2. The second kappa shape index (κ2) is 5.41. The molecular weight excluding hydrogens is 292 g/mol. The van der Waals surface area contributed by atoms with Crippen LogP contribution in [-0.4, -0.2) is 33.6 Å². The number of rotatable bonds is 1. The molecule has 23 heavy (non-hydrogen) atoms. The van der Waals surface area contributed by atoms with Crippen LogP contribution < -0.4 is 0 Å². The number of imide groups is 1. The molecule has 1 aromatic carbocycles. The molecule has 122 valence electrons. The third-order valence-corrected chi connectivity index (χ3v) is 3.99. The van der Waals surface area contributed by atoms with Crippen LogP contribution in [0.25, 0.3) is 10.9 Å². The zero-order chi connectivity index (χ0) is 16.8. The number of likely N-dealkylation sites (tertiary alicyclic amines) is 1. The average molecular weight is 314 g/mol. The zero-order valence-corrected chi connectivity index (χ0v) is 14.0. The number of nitrogens with zero attached hydrogens (tertiary/aromatic N) is 2. The van der Waals surface area contributed by atoms with Crippen LogP contribution in [0.1, 0.15) is 38.8 Å². The minimum atomic E-state index is -0.604. The summed E-state index contributed by atoms with van der Waals surface area (Å²) in [4.78, 5) is 25.6. The first kappa shape index (κ1) is 15.6. The Balaban J connectivity index is 1.83. The van der Waals surface area contributed by atoms with Gasteiger partial charge in [-0.3, -0.25) is 4.79 Å². The predicted octanol–water partition coefficient (Wildman–Crippen LogP) is 3.66. The number of hydrogen-bond donors (Lipinski definition) is 0. The smallest absolute Gasteiger partial charge is 0.417 e. The van der Waals surface area contributed by atoms with Gasteiger partial charge < -0.3 is 9.30 Å². The highest BCUT2D eigenvalue weighted by atomic mass is 16.6. The third kappa shape index (κ3) is 3.09. The number of carbonyl (C=O) groups is 2. The fraction of sp³-hybridized carbons (Fsp3) is 0.444. The lowest BCUT2D eigenvalue weighted by molar-refractivity contribution is -0.127. The van der Waals surface area contributed by atoms with Crippen LogP contribution in [0.15, 0.2) is 30.5 Å². The van der Waals surface area contributed by atoms with Gasteiger partial charge in [-0.05, 0) is 51.3 Å². The molecule has 1 aromatic heterocycles. The summed E-state index contributed by atoms with van der Waals surface area (Å²) in [5.74, 6) is -0.182. The summed E-state index contributed by atoms with van der Waals surface area (Å²) in [6.45, 7) is 7.80. The molecule has 0 spiro atoms. The highest BCUT2D eigenvalue weighted by Gasteiger charge is 2.37. The standard InChI is InChI=1S/C18H22N2O3/c1-12-5-6-15-13(9-12)7-8-19(15)14-10-16(21)20(11-14)17(22)23-18(2,3)4/h5-9,14H,10-11H2,1-4H3. The molecule has 0 saturated carbocycles. The highest BCUT2D eigenvalue weighted by molar-refractivity contribution is 5.94. The number of aryl methyl sites for hydroxylation is 1. The Morgan fingerprint density at radius 1 is 1.26 bits per heavy atom. The van der Waals surface area contributed by atoms with Crippen molar-refractivity contribution in [3.8, 4) is 0 Å². The molecule has 5 nitrogen and oxygen atoms in total. The van der Waals surface area contributed by atoms with Gasteiger partial charge in [0.25, 0.3) is 0 Å². The minimum Gasteiger partial charge on any atom is -0.443 e. The lowest BCUT2D eigenvalue weighted by Crippen LogP contribution is -2.37. The van der Waals surface area contributed by atoms with Crippen molar-refractivity contribution in [3.63, 3.8) is 0 Å². The van der Waals surface area contributed by atoms with E-state index in [1.54, 1.807) is 20.8 Å². The van der Waals surface area contributed by atoms with E-state index in [0.717, 1.165) is 10.9 Å². The molecule has 2 aromatic rings. The molecule has 1 aliphatic heterocycles. The number of aromatic nitrogens is 1. The van der Waals surface area contributed by atoms with Crippen molar-refractivity contribution in [2.75, 3.05) is 6.54 Å². The summed E-state index contributed by atoms with van der Waals surface area (Å²) >= 11 is 0. The number of hydrogen-bond acceptors (Lipinski definition) is 3. The van der Waals surface area contributed by atoms with Crippen molar-refractivity contribution >= 4 is 22.9 Å². The molecule has 0 aliphatic carbocycles. The first-order chi connectivity index (χ1) is 10.7. The van der Waals surface area contributed by atoms with Crippen LogP contribution in [0.2, 0.25) is 0 Å². The summed E-state index contributed by atoms with van der Waals surface area (Å²) in [5, 5.41) is 1.15. The van der Waals surface area contributed by atoms with Gasteiger partial charge in [0.1, 0.15) is 5.60 Å². The predicted molar refractivity (Wildman–Crippen MR) is 88.3 cm³/mol. The number of fused-ring (bicyclic) bond motifs is 1. The molecule has 1 saturated heterocycles. The molecule has 2 amide bonds. The summed E-state index contributed by atoms with van der Waals surface area (Å²) in [6.07, 6.45) is 1.75. The zero-order valence-electron chi connectivity index (χ0n) is 14.0. The van der Waals surface area contributed by atoms with Gasteiger partial charge in [0.2, 0.25) is 5.91 Å². The minimum absolute atomic E-state index is 0.0461. The maximum absolute atomic E-state index is 12.2. The summed E-state index contributed by atoms with van der Waals surface area (Å²) in [5.41, 5.74) is 1.68. The van der Waals surface area contributed by atoms with Crippen molar-refractivity contribution < 1.29 is 14.3 Å². The molecular formula is C18H22N2O3.